The van der Waals surface area contributed by atoms with E-state index in [2.05, 4.69) is 0 Å². The van der Waals surface area contributed by atoms with Gasteiger partial charge in [-0.15, -0.1) is 0 Å². The minimum Gasteiger partial charge on any atom is -0.478 e. The lowest BCUT2D eigenvalue weighted by molar-refractivity contribution is -0.196. The SMILES string of the molecule is Cc1cn([C@]2(C(=O)O)O[C@H](CO)[C@@H](O)[C@H]2O)c(=O)[nH]c1=O. The van der Waals surface area contributed by atoms with Crippen LogP contribution in [-0.4, -0.2) is 60.9 Å². The molecule has 2 rings (SSSR count). The van der Waals surface area contributed by atoms with Gasteiger partial charge in [-0.05, 0) is 6.92 Å². The van der Waals surface area contributed by atoms with Crippen molar-refractivity contribution in [3.8, 4) is 0 Å². The van der Waals surface area contributed by atoms with Crippen LogP contribution in [0.25, 0.3) is 0 Å². The van der Waals surface area contributed by atoms with Crippen molar-refractivity contribution in [2.75, 3.05) is 6.61 Å². The number of rotatable bonds is 3. The minimum absolute atomic E-state index is 0.00737. The Balaban J connectivity index is 2.71. The molecule has 0 saturated carbocycles. The third kappa shape index (κ3) is 2.08. The van der Waals surface area contributed by atoms with E-state index in [0.717, 1.165) is 6.20 Å². The Kier molecular flexibility index (Phi) is 3.72. The molecule has 1 fully saturated rings. The van der Waals surface area contributed by atoms with Gasteiger partial charge in [-0.3, -0.25) is 14.3 Å². The van der Waals surface area contributed by atoms with Gasteiger partial charge < -0.3 is 25.2 Å². The molecule has 1 aromatic rings. The van der Waals surface area contributed by atoms with E-state index in [4.69, 9.17) is 9.84 Å². The van der Waals surface area contributed by atoms with Crippen molar-refractivity contribution < 1.29 is 30.0 Å². The molecule has 0 spiro atoms. The van der Waals surface area contributed by atoms with Gasteiger partial charge in [-0.25, -0.2) is 9.59 Å². The summed E-state index contributed by atoms with van der Waals surface area (Å²) in [7, 11) is 0. The van der Waals surface area contributed by atoms with Gasteiger partial charge in [-0.2, -0.15) is 0 Å². The summed E-state index contributed by atoms with van der Waals surface area (Å²) in [5, 5.41) is 38.2. The summed E-state index contributed by atoms with van der Waals surface area (Å²) in [5.41, 5.74) is -4.48. The molecule has 0 aliphatic carbocycles. The van der Waals surface area contributed by atoms with Gasteiger partial charge in [0.1, 0.15) is 18.3 Å². The Morgan fingerprint density at radius 2 is 2.10 bits per heavy atom. The Morgan fingerprint density at radius 3 is 2.57 bits per heavy atom. The first-order chi connectivity index (χ1) is 9.75. The summed E-state index contributed by atoms with van der Waals surface area (Å²) < 4.78 is 5.52. The second-order valence-corrected chi connectivity index (χ2v) is 4.72. The van der Waals surface area contributed by atoms with Gasteiger partial charge in [0, 0.05) is 11.8 Å². The second-order valence-electron chi connectivity index (χ2n) is 4.72. The van der Waals surface area contributed by atoms with Gasteiger partial charge >= 0.3 is 11.7 Å². The molecular weight excluding hydrogens is 288 g/mol. The number of aryl methyl sites for hydroxylation is 1. The number of nitrogens with one attached hydrogen (secondary N) is 1. The molecule has 0 bridgehead atoms. The third-order valence-electron chi connectivity index (χ3n) is 3.40. The predicted octanol–water partition coefficient (Wildman–Crippen LogP) is -3.30. The van der Waals surface area contributed by atoms with Crippen molar-refractivity contribution in [3.05, 3.63) is 32.6 Å². The van der Waals surface area contributed by atoms with Crippen LogP contribution in [0.4, 0.5) is 0 Å². The highest BCUT2D eigenvalue weighted by Gasteiger charge is 2.61. The van der Waals surface area contributed by atoms with Crippen LogP contribution >= 0.6 is 0 Å². The maximum atomic E-state index is 11.8. The summed E-state index contributed by atoms with van der Waals surface area (Å²) in [6, 6.07) is 0. The molecular formula is C11H14N2O8. The molecule has 21 heavy (non-hydrogen) atoms. The summed E-state index contributed by atoms with van der Waals surface area (Å²) in [4.78, 5) is 36.6. The zero-order valence-electron chi connectivity index (χ0n) is 10.9. The van der Waals surface area contributed by atoms with E-state index < -0.39 is 47.9 Å². The average molecular weight is 302 g/mol. The van der Waals surface area contributed by atoms with E-state index in [-0.39, 0.29) is 5.56 Å². The number of ether oxygens (including phenoxy) is 1. The van der Waals surface area contributed by atoms with Crippen LogP contribution in [0.15, 0.2) is 15.8 Å². The van der Waals surface area contributed by atoms with Gasteiger partial charge in [0.15, 0.2) is 0 Å². The molecule has 1 aliphatic heterocycles. The average Bonchev–Trinajstić information content (AvgIpc) is 2.68. The monoisotopic (exact) mass is 302 g/mol. The molecule has 5 N–H and O–H groups in total. The van der Waals surface area contributed by atoms with E-state index in [1.54, 1.807) is 0 Å². The van der Waals surface area contributed by atoms with Crippen LogP contribution in [0, 0.1) is 6.92 Å². The number of carboxylic acids is 1. The maximum Gasteiger partial charge on any atom is 0.361 e. The zero-order valence-corrected chi connectivity index (χ0v) is 10.9. The summed E-state index contributed by atoms with van der Waals surface area (Å²) in [5.74, 6) is -1.75. The van der Waals surface area contributed by atoms with E-state index in [1.807, 2.05) is 4.98 Å². The van der Waals surface area contributed by atoms with Crippen molar-refractivity contribution in [1.29, 1.82) is 0 Å². The fourth-order valence-electron chi connectivity index (χ4n) is 2.24. The molecule has 1 aliphatic rings. The zero-order chi connectivity index (χ0) is 15.9. The van der Waals surface area contributed by atoms with Crippen molar-refractivity contribution >= 4 is 5.97 Å². The largest absolute Gasteiger partial charge is 0.478 e. The highest BCUT2D eigenvalue weighted by Crippen LogP contribution is 2.35. The Hall–Kier alpha value is -2.01. The van der Waals surface area contributed by atoms with Crippen LogP contribution < -0.4 is 11.2 Å². The predicted molar refractivity (Wildman–Crippen MR) is 65.6 cm³/mol. The number of aliphatic hydroxyl groups excluding tert-OH is 3. The highest BCUT2D eigenvalue weighted by atomic mass is 16.6. The Morgan fingerprint density at radius 1 is 1.48 bits per heavy atom. The number of aliphatic hydroxyl groups is 3. The van der Waals surface area contributed by atoms with Crippen molar-refractivity contribution in [1.82, 2.24) is 9.55 Å². The van der Waals surface area contributed by atoms with Crippen LogP contribution in [0.3, 0.4) is 0 Å². The van der Waals surface area contributed by atoms with Crippen LogP contribution in [0.1, 0.15) is 5.56 Å². The normalized spacial score (nSPS) is 32.3. The molecule has 2 heterocycles. The topological polar surface area (TPSA) is 162 Å². The van der Waals surface area contributed by atoms with E-state index in [1.165, 1.54) is 6.92 Å². The van der Waals surface area contributed by atoms with Crippen molar-refractivity contribution in [3.63, 3.8) is 0 Å². The van der Waals surface area contributed by atoms with E-state index >= 15 is 0 Å². The van der Waals surface area contributed by atoms with Crippen LogP contribution in [-0.2, 0) is 15.3 Å². The van der Waals surface area contributed by atoms with E-state index in [9.17, 15) is 29.7 Å². The quantitative estimate of drug-likeness (QED) is 0.387. The summed E-state index contributed by atoms with van der Waals surface area (Å²) in [6.45, 7) is 0.565. The lowest BCUT2D eigenvalue weighted by atomic mass is 10.0. The third-order valence-corrected chi connectivity index (χ3v) is 3.40. The molecule has 116 valence electrons. The molecule has 0 unspecified atom stereocenters. The number of carbonyl (C=O) groups is 1. The number of hydrogen-bond donors (Lipinski definition) is 5. The lowest BCUT2D eigenvalue weighted by Crippen LogP contribution is -2.56. The summed E-state index contributed by atoms with van der Waals surface area (Å²) >= 11 is 0. The number of H-pyrrole nitrogens is 1. The van der Waals surface area contributed by atoms with Crippen molar-refractivity contribution in [2.24, 2.45) is 0 Å². The Bertz CT molecular complexity index is 680. The number of aromatic amines is 1. The molecule has 10 heteroatoms. The molecule has 1 aromatic heterocycles. The number of hydrogen-bond acceptors (Lipinski definition) is 7. The number of aromatic nitrogens is 2. The molecule has 0 aromatic carbocycles. The first-order valence-corrected chi connectivity index (χ1v) is 5.97. The first-order valence-electron chi connectivity index (χ1n) is 5.97. The maximum absolute atomic E-state index is 11.8. The number of nitrogens with zero attached hydrogens (tertiary/aromatic N) is 1. The van der Waals surface area contributed by atoms with Crippen LogP contribution in [0.2, 0.25) is 0 Å². The standard InChI is InChI=1S/C11H14N2O8/c1-4-2-13(10(20)12-8(4)17)11(9(18)19)7(16)6(15)5(3-14)21-11/h2,5-7,14-16H,3H2,1H3,(H,18,19)(H,12,17,20)/t5-,6-,7-,11+/m1/s1. The minimum atomic E-state index is -2.64. The smallest absolute Gasteiger partial charge is 0.361 e. The molecule has 4 atom stereocenters. The first kappa shape index (κ1) is 15.4. The van der Waals surface area contributed by atoms with Gasteiger partial charge in [0.05, 0.1) is 6.61 Å². The molecule has 0 amide bonds. The molecule has 1 saturated heterocycles. The highest BCUT2D eigenvalue weighted by molar-refractivity contribution is 5.76. The molecule has 0 radical (unpaired) electrons. The number of aliphatic carboxylic acids is 1. The molecule has 10 nitrogen and oxygen atoms in total. The van der Waals surface area contributed by atoms with E-state index in [0.29, 0.717) is 4.57 Å². The van der Waals surface area contributed by atoms with Gasteiger partial charge in [0.2, 0.25) is 0 Å². The number of carboxylic acid groups (broad SMARTS) is 1. The van der Waals surface area contributed by atoms with Gasteiger partial charge in [-0.1, -0.05) is 0 Å². The van der Waals surface area contributed by atoms with Crippen molar-refractivity contribution in [2.45, 2.75) is 31.0 Å². The van der Waals surface area contributed by atoms with Crippen LogP contribution in [0.5, 0.6) is 0 Å². The lowest BCUT2D eigenvalue weighted by Gasteiger charge is -2.29. The Labute approximate surface area is 116 Å². The summed E-state index contributed by atoms with van der Waals surface area (Å²) in [6.07, 6.45) is -4.22. The second kappa shape index (κ2) is 5.07. The van der Waals surface area contributed by atoms with Gasteiger partial charge in [0.25, 0.3) is 11.3 Å². The fourth-order valence-corrected chi connectivity index (χ4v) is 2.24. The fraction of sp³-hybridized carbons (Fsp3) is 0.545.